The Labute approximate surface area is 195 Å². The van der Waals surface area contributed by atoms with Crippen molar-refractivity contribution in [1.82, 2.24) is 10.2 Å². The minimum absolute atomic E-state index is 0.169. The number of nitrogens with one attached hydrogen (secondary N) is 1. The van der Waals surface area contributed by atoms with Crippen molar-refractivity contribution in [3.63, 3.8) is 0 Å². The number of rotatable bonds is 6. The zero-order chi connectivity index (χ0) is 22.9. The van der Waals surface area contributed by atoms with Gasteiger partial charge < -0.3 is 4.74 Å². The van der Waals surface area contributed by atoms with Crippen LogP contribution in [-0.4, -0.2) is 28.7 Å². The first-order valence-electron chi connectivity index (χ1n) is 10.9. The highest BCUT2D eigenvalue weighted by Crippen LogP contribution is 2.45. The van der Waals surface area contributed by atoms with Gasteiger partial charge in [-0.3, -0.25) is 14.8 Å². The molecular weight excluding hydrogens is 434 g/mol. The summed E-state index contributed by atoms with van der Waals surface area (Å²) in [5.41, 5.74) is 5.57. The van der Waals surface area contributed by atoms with E-state index in [-0.39, 0.29) is 17.9 Å². The second kappa shape index (κ2) is 8.67. The van der Waals surface area contributed by atoms with Gasteiger partial charge in [-0.05, 0) is 60.2 Å². The Balaban J connectivity index is 1.62. The molecule has 1 aliphatic rings. The van der Waals surface area contributed by atoms with Gasteiger partial charge in [0.1, 0.15) is 0 Å². The molecular formula is C26H23N3O3S. The van der Waals surface area contributed by atoms with E-state index < -0.39 is 0 Å². The van der Waals surface area contributed by atoms with E-state index in [9.17, 15) is 9.59 Å². The van der Waals surface area contributed by atoms with E-state index in [1.165, 1.54) is 5.56 Å². The number of aryl methyl sites for hydroxylation is 1. The van der Waals surface area contributed by atoms with Crippen LogP contribution in [0.15, 0.2) is 66.0 Å². The molecule has 0 fully saturated rings. The van der Waals surface area contributed by atoms with Crippen molar-refractivity contribution in [3.05, 3.63) is 94.0 Å². The number of carbonyl (C=O) groups is 2. The van der Waals surface area contributed by atoms with E-state index in [4.69, 9.17) is 4.74 Å². The molecule has 4 aromatic rings. The molecule has 7 heteroatoms. The highest BCUT2D eigenvalue weighted by atomic mass is 32.1. The molecule has 0 unspecified atom stereocenters. The predicted molar refractivity (Wildman–Crippen MR) is 129 cm³/mol. The second-order valence-corrected chi connectivity index (χ2v) is 8.73. The molecule has 0 bridgehead atoms. The molecule has 1 amide bonds. The van der Waals surface area contributed by atoms with Gasteiger partial charge in [-0.1, -0.05) is 37.3 Å². The van der Waals surface area contributed by atoms with Crippen LogP contribution in [0.5, 0.6) is 0 Å². The number of hydrogen-bond acceptors (Lipinski definition) is 5. The van der Waals surface area contributed by atoms with Crippen molar-refractivity contribution in [3.8, 4) is 10.6 Å². The molecule has 0 saturated heterocycles. The zero-order valence-corrected chi connectivity index (χ0v) is 19.2. The number of anilines is 1. The Bertz CT molecular complexity index is 1290. The van der Waals surface area contributed by atoms with Gasteiger partial charge in [-0.25, -0.2) is 4.79 Å². The number of benzene rings is 2. The van der Waals surface area contributed by atoms with Crippen molar-refractivity contribution < 1.29 is 14.3 Å². The number of nitrogens with zero attached hydrogens (tertiary/aromatic N) is 2. The van der Waals surface area contributed by atoms with E-state index in [0.29, 0.717) is 23.6 Å². The summed E-state index contributed by atoms with van der Waals surface area (Å²) in [6, 6.07) is 19.0. The number of amides is 1. The van der Waals surface area contributed by atoms with Gasteiger partial charge in [-0.15, -0.1) is 11.3 Å². The third-order valence-electron chi connectivity index (χ3n) is 5.88. The number of ether oxygens (including phenoxy) is 1. The van der Waals surface area contributed by atoms with Crippen LogP contribution in [0.2, 0.25) is 0 Å². The largest absolute Gasteiger partial charge is 0.462 e. The van der Waals surface area contributed by atoms with E-state index in [1.807, 2.05) is 17.5 Å². The maximum absolute atomic E-state index is 13.6. The van der Waals surface area contributed by atoms with E-state index in [0.717, 1.165) is 28.1 Å². The van der Waals surface area contributed by atoms with Crippen LogP contribution in [0.4, 0.5) is 5.69 Å². The molecule has 166 valence electrons. The first-order valence-corrected chi connectivity index (χ1v) is 11.8. The minimum atomic E-state index is -0.378. The maximum atomic E-state index is 13.6. The normalized spacial score (nSPS) is 15.0. The number of esters is 1. The van der Waals surface area contributed by atoms with Crippen LogP contribution < -0.4 is 4.90 Å². The van der Waals surface area contributed by atoms with Crippen molar-refractivity contribution in [2.24, 2.45) is 0 Å². The van der Waals surface area contributed by atoms with Crippen LogP contribution in [-0.2, 0) is 11.2 Å². The third-order valence-corrected chi connectivity index (χ3v) is 6.77. The maximum Gasteiger partial charge on any atom is 0.338 e. The smallest absolute Gasteiger partial charge is 0.338 e. The average molecular weight is 458 g/mol. The Hall–Kier alpha value is -3.71. The van der Waals surface area contributed by atoms with Gasteiger partial charge in [-0.2, -0.15) is 5.10 Å². The highest BCUT2D eigenvalue weighted by Gasteiger charge is 2.43. The van der Waals surface area contributed by atoms with Crippen LogP contribution >= 0.6 is 11.3 Å². The zero-order valence-electron chi connectivity index (χ0n) is 18.4. The third kappa shape index (κ3) is 3.64. The van der Waals surface area contributed by atoms with Crippen LogP contribution in [0, 0.1) is 0 Å². The lowest BCUT2D eigenvalue weighted by Gasteiger charge is -2.26. The molecule has 0 aliphatic carbocycles. The standard InChI is InChI=1S/C26H23N3O3S/c1-3-16-7-9-17(10-8-16)24-21-22(20-6-5-15-33-20)27-28-23(21)25(30)29(24)19-13-11-18(12-14-19)26(31)32-4-2/h5-15,24H,3-4H2,1-2H3,(H,27,28)/t24-/m0/s1. The summed E-state index contributed by atoms with van der Waals surface area (Å²) in [6.45, 7) is 4.21. The van der Waals surface area contributed by atoms with Gasteiger partial charge in [0, 0.05) is 11.3 Å². The molecule has 0 saturated carbocycles. The summed E-state index contributed by atoms with van der Waals surface area (Å²) in [7, 11) is 0. The molecule has 33 heavy (non-hydrogen) atoms. The molecule has 3 heterocycles. The summed E-state index contributed by atoms with van der Waals surface area (Å²) in [5, 5.41) is 9.51. The Morgan fingerprint density at radius 2 is 1.85 bits per heavy atom. The van der Waals surface area contributed by atoms with Gasteiger partial charge in [0.05, 0.1) is 28.8 Å². The number of H-pyrrole nitrogens is 1. The SMILES string of the molecule is CCOC(=O)c1ccc(N2C(=O)c3n[nH]c(-c4cccs4)c3[C@@H]2c2ccc(CC)cc2)cc1. The second-order valence-electron chi connectivity index (χ2n) is 7.78. The lowest BCUT2D eigenvalue weighted by atomic mass is 9.96. The molecule has 1 atom stereocenters. The molecule has 6 nitrogen and oxygen atoms in total. The molecule has 5 rings (SSSR count). The van der Waals surface area contributed by atoms with Crippen LogP contribution in [0.25, 0.3) is 10.6 Å². The Kier molecular flexibility index (Phi) is 5.56. The topological polar surface area (TPSA) is 75.3 Å². The lowest BCUT2D eigenvalue weighted by Crippen LogP contribution is -2.29. The first-order chi connectivity index (χ1) is 16.1. The van der Waals surface area contributed by atoms with Crippen LogP contribution in [0.1, 0.15) is 57.4 Å². The van der Waals surface area contributed by atoms with Gasteiger partial charge >= 0.3 is 5.97 Å². The highest BCUT2D eigenvalue weighted by molar-refractivity contribution is 7.13. The van der Waals surface area contributed by atoms with E-state index in [2.05, 4.69) is 41.4 Å². The summed E-state index contributed by atoms with van der Waals surface area (Å²) >= 11 is 1.61. The molecule has 0 radical (unpaired) electrons. The summed E-state index contributed by atoms with van der Waals surface area (Å²) in [6.07, 6.45) is 0.945. The average Bonchev–Trinajstić information content (AvgIpc) is 3.57. The predicted octanol–water partition coefficient (Wildman–Crippen LogP) is 5.63. The van der Waals surface area contributed by atoms with Crippen molar-refractivity contribution in [2.45, 2.75) is 26.3 Å². The molecule has 0 spiro atoms. The number of aromatic nitrogens is 2. The molecule has 2 aromatic carbocycles. The number of aromatic amines is 1. The van der Waals surface area contributed by atoms with Crippen LogP contribution in [0.3, 0.4) is 0 Å². The van der Waals surface area contributed by atoms with Crippen molar-refractivity contribution in [2.75, 3.05) is 11.5 Å². The first kappa shape index (κ1) is 21.2. The number of thiophene rings is 1. The summed E-state index contributed by atoms with van der Waals surface area (Å²) < 4.78 is 5.09. The van der Waals surface area contributed by atoms with E-state index >= 15 is 0 Å². The van der Waals surface area contributed by atoms with Crippen molar-refractivity contribution >= 4 is 28.9 Å². The Morgan fingerprint density at radius 3 is 2.48 bits per heavy atom. The lowest BCUT2D eigenvalue weighted by molar-refractivity contribution is 0.0526. The fraction of sp³-hybridized carbons (Fsp3) is 0.192. The van der Waals surface area contributed by atoms with Gasteiger partial charge in [0.15, 0.2) is 5.69 Å². The molecule has 2 aromatic heterocycles. The van der Waals surface area contributed by atoms with Gasteiger partial charge in [0.25, 0.3) is 5.91 Å². The van der Waals surface area contributed by atoms with Gasteiger partial charge in [0.2, 0.25) is 0 Å². The fourth-order valence-corrected chi connectivity index (χ4v) is 4.97. The van der Waals surface area contributed by atoms with E-state index in [1.54, 1.807) is 47.4 Å². The van der Waals surface area contributed by atoms with Crippen molar-refractivity contribution in [1.29, 1.82) is 0 Å². The Morgan fingerprint density at radius 1 is 1.09 bits per heavy atom. The number of hydrogen-bond donors (Lipinski definition) is 1. The monoisotopic (exact) mass is 457 g/mol. The summed E-state index contributed by atoms with van der Waals surface area (Å²) in [4.78, 5) is 28.4. The number of carbonyl (C=O) groups excluding carboxylic acids is 2. The molecule has 1 N–H and O–H groups in total. The minimum Gasteiger partial charge on any atom is -0.462 e. The molecule has 1 aliphatic heterocycles. The summed E-state index contributed by atoms with van der Waals surface area (Å²) in [5.74, 6) is -0.547. The quantitative estimate of drug-likeness (QED) is 0.381. The number of fused-ring (bicyclic) bond motifs is 1. The fourth-order valence-electron chi connectivity index (χ4n) is 4.24.